The summed E-state index contributed by atoms with van der Waals surface area (Å²) in [5.74, 6) is -0.397. The Kier molecular flexibility index (Phi) is 2.56. The number of hydrogen-bond donors (Lipinski definition) is 1. The summed E-state index contributed by atoms with van der Waals surface area (Å²) in [6.45, 7) is 1.98. The van der Waals surface area contributed by atoms with Crippen LogP contribution in [0.25, 0.3) is 0 Å². The third-order valence-corrected chi connectivity index (χ3v) is 2.40. The van der Waals surface area contributed by atoms with Crippen molar-refractivity contribution >= 4 is 5.97 Å². The van der Waals surface area contributed by atoms with E-state index in [0.29, 0.717) is 0 Å². The molecule has 0 spiro atoms. The molecule has 1 aliphatic heterocycles. The Labute approximate surface area is 88.0 Å². The van der Waals surface area contributed by atoms with Gasteiger partial charge in [0.05, 0.1) is 0 Å². The second kappa shape index (κ2) is 3.87. The summed E-state index contributed by atoms with van der Waals surface area (Å²) >= 11 is 0. The van der Waals surface area contributed by atoms with Gasteiger partial charge in [-0.25, -0.2) is 4.79 Å². The number of cyclic esters (lactones) is 1. The van der Waals surface area contributed by atoms with Crippen LogP contribution in [-0.4, -0.2) is 17.2 Å². The third-order valence-electron chi connectivity index (χ3n) is 2.40. The molecule has 1 heterocycles. The van der Waals surface area contributed by atoms with Crippen molar-refractivity contribution in [2.24, 2.45) is 0 Å². The first-order valence-electron chi connectivity index (χ1n) is 4.80. The zero-order chi connectivity index (χ0) is 10.8. The first-order valence-corrected chi connectivity index (χ1v) is 4.80. The van der Waals surface area contributed by atoms with Gasteiger partial charge < -0.3 is 9.84 Å². The number of hydrogen-bond acceptors (Lipinski definition) is 3. The summed E-state index contributed by atoms with van der Waals surface area (Å²) < 4.78 is 4.91. The maximum atomic E-state index is 10.8. The van der Waals surface area contributed by atoms with Crippen LogP contribution >= 0.6 is 0 Å². The number of ether oxygens (including phenoxy) is 1. The van der Waals surface area contributed by atoms with Gasteiger partial charge in [0.1, 0.15) is 6.10 Å². The Morgan fingerprint density at radius 1 is 1.33 bits per heavy atom. The Morgan fingerprint density at radius 2 is 2.00 bits per heavy atom. The summed E-state index contributed by atoms with van der Waals surface area (Å²) in [5, 5.41) is 9.90. The molecule has 78 valence electrons. The van der Waals surface area contributed by atoms with E-state index in [1.165, 1.54) is 6.08 Å². The molecule has 2 rings (SSSR count). The zero-order valence-electron chi connectivity index (χ0n) is 8.38. The summed E-state index contributed by atoms with van der Waals surface area (Å²) in [6.07, 6.45) is 1.57. The molecule has 0 fully saturated rings. The van der Waals surface area contributed by atoms with E-state index < -0.39 is 18.2 Å². The number of aliphatic hydroxyl groups excluding tert-OH is 1. The molecule has 0 saturated heterocycles. The molecule has 0 aliphatic carbocycles. The fraction of sp³-hybridized carbons (Fsp3) is 0.250. The highest BCUT2D eigenvalue weighted by atomic mass is 16.6. The minimum absolute atomic E-state index is 0.397. The van der Waals surface area contributed by atoms with Crippen molar-refractivity contribution in [3.8, 4) is 0 Å². The second-order valence-electron chi connectivity index (χ2n) is 3.62. The van der Waals surface area contributed by atoms with Crippen LogP contribution in [0.5, 0.6) is 0 Å². The number of rotatable bonds is 2. The van der Waals surface area contributed by atoms with Crippen molar-refractivity contribution in [1.29, 1.82) is 0 Å². The molecule has 1 N–H and O–H groups in total. The second-order valence-corrected chi connectivity index (χ2v) is 3.62. The number of carbonyl (C=O) groups excluding carboxylic acids is 1. The Balaban J connectivity index is 2.14. The van der Waals surface area contributed by atoms with E-state index in [1.54, 1.807) is 6.08 Å². The molecule has 1 aromatic carbocycles. The smallest absolute Gasteiger partial charge is 0.331 e. The predicted octanol–water partition coefficient (Wildman–Crippen LogP) is 1.51. The van der Waals surface area contributed by atoms with Crippen LogP contribution in [0.4, 0.5) is 0 Å². The summed E-state index contributed by atoms with van der Waals surface area (Å²) in [6, 6.07) is 7.50. The SMILES string of the molecule is Cc1ccc(C(O)C2C=CC(=O)O2)cc1. The van der Waals surface area contributed by atoms with Crippen LogP contribution in [-0.2, 0) is 9.53 Å². The molecule has 0 aromatic heterocycles. The standard InChI is InChI=1S/C12H12O3/c1-8-2-4-9(5-3-8)12(14)10-6-7-11(13)15-10/h2-7,10,12,14H,1H3. The molecule has 0 amide bonds. The van der Waals surface area contributed by atoms with Crippen LogP contribution < -0.4 is 0 Å². The number of aliphatic hydroxyl groups is 1. The van der Waals surface area contributed by atoms with Gasteiger partial charge in [-0.2, -0.15) is 0 Å². The van der Waals surface area contributed by atoms with Crippen molar-refractivity contribution in [3.05, 3.63) is 47.5 Å². The molecular formula is C12H12O3. The molecule has 2 atom stereocenters. The predicted molar refractivity (Wildman–Crippen MR) is 55.2 cm³/mol. The average molecular weight is 204 g/mol. The van der Waals surface area contributed by atoms with E-state index in [4.69, 9.17) is 4.74 Å². The monoisotopic (exact) mass is 204 g/mol. The number of esters is 1. The van der Waals surface area contributed by atoms with E-state index in [0.717, 1.165) is 11.1 Å². The summed E-state index contributed by atoms with van der Waals surface area (Å²) in [7, 11) is 0. The van der Waals surface area contributed by atoms with Gasteiger partial charge in [-0.3, -0.25) is 0 Å². The zero-order valence-corrected chi connectivity index (χ0v) is 8.38. The average Bonchev–Trinajstić information content (AvgIpc) is 2.65. The van der Waals surface area contributed by atoms with Gasteiger partial charge in [0.15, 0.2) is 6.10 Å². The molecule has 0 saturated carbocycles. The van der Waals surface area contributed by atoms with Crippen LogP contribution in [0.3, 0.4) is 0 Å². The largest absolute Gasteiger partial charge is 0.452 e. The first kappa shape index (κ1) is 9.93. The Morgan fingerprint density at radius 3 is 2.53 bits per heavy atom. The van der Waals surface area contributed by atoms with Gasteiger partial charge in [0, 0.05) is 6.08 Å². The minimum Gasteiger partial charge on any atom is -0.452 e. The molecular weight excluding hydrogens is 192 g/mol. The molecule has 2 unspecified atom stereocenters. The van der Waals surface area contributed by atoms with Crippen LogP contribution in [0, 0.1) is 6.92 Å². The Hall–Kier alpha value is -1.61. The highest BCUT2D eigenvalue weighted by molar-refractivity contribution is 5.84. The lowest BCUT2D eigenvalue weighted by Gasteiger charge is -2.16. The normalized spacial score (nSPS) is 21.5. The summed E-state index contributed by atoms with van der Waals surface area (Å²) in [4.78, 5) is 10.8. The van der Waals surface area contributed by atoms with Crippen LogP contribution in [0.2, 0.25) is 0 Å². The lowest BCUT2D eigenvalue weighted by molar-refractivity contribution is -0.142. The fourth-order valence-corrected chi connectivity index (χ4v) is 1.51. The fourth-order valence-electron chi connectivity index (χ4n) is 1.51. The van der Waals surface area contributed by atoms with E-state index in [2.05, 4.69) is 0 Å². The van der Waals surface area contributed by atoms with Gasteiger partial charge in [0.2, 0.25) is 0 Å². The molecule has 3 heteroatoms. The van der Waals surface area contributed by atoms with Crippen molar-refractivity contribution in [2.45, 2.75) is 19.1 Å². The van der Waals surface area contributed by atoms with Gasteiger partial charge in [-0.15, -0.1) is 0 Å². The van der Waals surface area contributed by atoms with Gasteiger partial charge in [0.25, 0.3) is 0 Å². The molecule has 3 nitrogen and oxygen atoms in total. The lowest BCUT2D eigenvalue weighted by Crippen LogP contribution is -2.18. The molecule has 0 bridgehead atoms. The number of carbonyl (C=O) groups is 1. The molecule has 15 heavy (non-hydrogen) atoms. The number of aryl methyl sites for hydroxylation is 1. The molecule has 0 radical (unpaired) electrons. The highest BCUT2D eigenvalue weighted by Gasteiger charge is 2.25. The topological polar surface area (TPSA) is 46.5 Å². The van der Waals surface area contributed by atoms with Crippen LogP contribution in [0.1, 0.15) is 17.2 Å². The van der Waals surface area contributed by atoms with Crippen molar-refractivity contribution in [1.82, 2.24) is 0 Å². The maximum Gasteiger partial charge on any atom is 0.331 e. The van der Waals surface area contributed by atoms with Gasteiger partial charge >= 0.3 is 5.97 Å². The third kappa shape index (κ3) is 2.07. The number of benzene rings is 1. The first-order chi connectivity index (χ1) is 7.16. The molecule has 1 aromatic rings. The maximum absolute atomic E-state index is 10.8. The van der Waals surface area contributed by atoms with E-state index >= 15 is 0 Å². The van der Waals surface area contributed by atoms with E-state index in [9.17, 15) is 9.90 Å². The summed E-state index contributed by atoms with van der Waals surface area (Å²) in [5.41, 5.74) is 1.88. The van der Waals surface area contributed by atoms with Crippen molar-refractivity contribution in [2.75, 3.05) is 0 Å². The van der Waals surface area contributed by atoms with Crippen molar-refractivity contribution in [3.63, 3.8) is 0 Å². The quantitative estimate of drug-likeness (QED) is 0.743. The highest BCUT2D eigenvalue weighted by Crippen LogP contribution is 2.23. The van der Waals surface area contributed by atoms with Gasteiger partial charge in [-0.05, 0) is 18.6 Å². The van der Waals surface area contributed by atoms with Gasteiger partial charge in [-0.1, -0.05) is 29.8 Å². The Bertz CT molecular complexity index is 392. The lowest BCUT2D eigenvalue weighted by atomic mass is 10.0. The van der Waals surface area contributed by atoms with E-state index in [1.807, 2.05) is 31.2 Å². The molecule has 1 aliphatic rings. The van der Waals surface area contributed by atoms with Crippen molar-refractivity contribution < 1.29 is 14.6 Å². The van der Waals surface area contributed by atoms with E-state index in [-0.39, 0.29) is 0 Å². The minimum atomic E-state index is -0.784. The van der Waals surface area contributed by atoms with Crippen LogP contribution in [0.15, 0.2) is 36.4 Å².